The van der Waals surface area contributed by atoms with Crippen molar-refractivity contribution in [3.63, 3.8) is 0 Å². The number of hydrogen-bond donors (Lipinski definition) is 1. The molecule has 0 spiro atoms. The normalized spacial score (nSPS) is 29.8. The molecule has 3 heteroatoms. The van der Waals surface area contributed by atoms with Gasteiger partial charge in [0.2, 0.25) is 5.91 Å². The van der Waals surface area contributed by atoms with E-state index in [1.54, 1.807) is 0 Å². The van der Waals surface area contributed by atoms with Gasteiger partial charge in [-0.05, 0) is 62.1 Å². The van der Waals surface area contributed by atoms with Gasteiger partial charge in [-0.3, -0.25) is 4.79 Å². The minimum atomic E-state index is 0.173. The number of anilines is 1. The second-order valence-electron chi connectivity index (χ2n) is 5.88. The molecule has 2 nitrogen and oxygen atoms in total. The third-order valence-corrected chi connectivity index (χ3v) is 5.07. The number of nitrogens with one attached hydrogen (secondary N) is 1. The van der Waals surface area contributed by atoms with E-state index in [2.05, 4.69) is 17.5 Å². The van der Waals surface area contributed by atoms with Crippen LogP contribution in [0.15, 0.2) is 30.4 Å². The van der Waals surface area contributed by atoms with Crippen LogP contribution < -0.4 is 5.32 Å². The van der Waals surface area contributed by atoms with Crippen LogP contribution in [-0.2, 0) is 4.79 Å². The lowest BCUT2D eigenvalue weighted by molar-refractivity contribution is -0.117. The minimum Gasteiger partial charge on any atom is -0.326 e. The Morgan fingerprint density at radius 2 is 1.85 bits per heavy atom. The van der Waals surface area contributed by atoms with Gasteiger partial charge in [-0.2, -0.15) is 0 Å². The van der Waals surface area contributed by atoms with Crippen LogP contribution in [0.4, 0.5) is 5.69 Å². The summed E-state index contributed by atoms with van der Waals surface area (Å²) in [6, 6.07) is 5.65. The Kier molecular flexibility index (Phi) is 3.84. The number of amides is 1. The fourth-order valence-electron chi connectivity index (χ4n) is 3.39. The lowest BCUT2D eigenvalue weighted by Crippen LogP contribution is -2.16. The zero-order chi connectivity index (χ0) is 14.1. The first kappa shape index (κ1) is 13.7. The van der Waals surface area contributed by atoms with Crippen molar-refractivity contribution < 1.29 is 4.79 Å². The summed E-state index contributed by atoms with van der Waals surface area (Å²) in [5, 5.41) is 3.77. The summed E-state index contributed by atoms with van der Waals surface area (Å²) in [5.41, 5.74) is 1.79. The third kappa shape index (κ3) is 2.62. The van der Waals surface area contributed by atoms with Gasteiger partial charge in [0.15, 0.2) is 0 Å². The Bertz CT molecular complexity index is 536. The van der Waals surface area contributed by atoms with Gasteiger partial charge >= 0.3 is 0 Å². The summed E-state index contributed by atoms with van der Waals surface area (Å²) < 4.78 is 0. The van der Waals surface area contributed by atoms with Crippen LogP contribution >= 0.6 is 11.6 Å². The molecule has 0 aliphatic heterocycles. The standard InChI is InChI=1S/C17H20ClNO/c1-11-14(18)9-6-10-15(11)19-17(20)16-12-7-4-2-3-5-8-13(12)16/h2-3,6,9-10,12-13,16H,4-5,7-8H2,1H3,(H,19,20)/b3-2-/t12-,13-/m1/s1. The van der Waals surface area contributed by atoms with Crippen LogP contribution in [0.5, 0.6) is 0 Å². The van der Waals surface area contributed by atoms with Crippen molar-refractivity contribution in [3.8, 4) is 0 Å². The average Bonchev–Trinajstić information content (AvgIpc) is 3.06. The van der Waals surface area contributed by atoms with Crippen LogP contribution in [-0.4, -0.2) is 5.91 Å². The van der Waals surface area contributed by atoms with Gasteiger partial charge < -0.3 is 5.32 Å². The summed E-state index contributed by atoms with van der Waals surface area (Å²) >= 11 is 6.10. The quantitative estimate of drug-likeness (QED) is 0.793. The Morgan fingerprint density at radius 3 is 2.50 bits per heavy atom. The van der Waals surface area contributed by atoms with Crippen molar-refractivity contribution in [2.24, 2.45) is 17.8 Å². The highest BCUT2D eigenvalue weighted by atomic mass is 35.5. The van der Waals surface area contributed by atoms with E-state index < -0.39 is 0 Å². The van der Waals surface area contributed by atoms with E-state index in [4.69, 9.17) is 11.6 Å². The molecular weight excluding hydrogens is 270 g/mol. The van der Waals surface area contributed by atoms with Crippen LogP contribution in [0.25, 0.3) is 0 Å². The van der Waals surface area contributed by atoms with Crippen molar-refractivity contribution in [2.75, 3.05) is 5.32 Å². The number of carbonyl (C=O) groups is 1. The molecule has 1 N–H and O–H groups in total. The third-order valence-electron chi connectivity index (χ3n) is 4.66. The lowest BCUT2D eigenvalue weighted by atomic mass is 10.1. The first-order chi connectivity index (χ1) is 9.68. The molecule has 1 saturated carbocycles. The second kappa shape index (κ2) is 5.61. The molecule has 0 radical (unpaired) electrons. The van der Waals surface area contributed by atoms with Gasteiger partial charge in [0.25, 0.3) is 0 Å². The topological polar surface area (TPSA) is 29.1 Å². The molecule has 1 aromatic rings. The molecule has 1 amide bonds. The van der Waals surface area contributed by atoms with Crippen molar-refractivity contribution in [2.45, 2.75) is 32.6 Å². The average molecular weight is 290 g/mol. The summed E-state index contributed by atoms with van der Waals surface area (Å²) in [6.07, 6.45) is 9.03. The smallest absolute Gasteiger partial charge is 0.228 e. The summed E-state index contributed by atoms with van der Waals surface area (Å²) in [7, 11) is 0. The maximum Gasteiger partial charge on any atom is 0.228 e. The maximum atomic E-state index is 12.5. The molecule has 1 fully saturated rings. The van der Waals surface area contributed by atoms with Crippen molar-refractivity contribution in [3.05, 3.63) is 40.9 Å². The number of rotatable bonds is 2. The van der Waals surface area contributed by atoms with Gasteiger partial charge in [0.05, 0.1) is 0 Å². The molecule has 20 heavy (non-hydrogen) atoms. The Labute approximate surface area is 125 Å². The van der Waals surface area contributed by atoms with E-state index in [-0.39, 0.29) is 11.8 Å². The monoisotopic (exact) mass is 289 g/mol. The maximum absolute atomic E-state index is 12.5. The van der Waals surface area contributed by atoms with Gasteiger partial charge in [0, 0.05) is 16.6 Å². The van der Waals surface area contributed by atoms with E-state index in [1.807, 2.05) is 25.1 Å². The van der Waals surface area contributed by atoms with E-state index in [0.717, 1.165) is 36.9 Å². The summed E-state index contributed by atoms with van der Waals surface area (Å²) in [4.78, 5) is 12.5. The molecule has 0 bridgehead atoms. The molecule has 3 rings (SSSR count). The molecular formula is C17H20ClNO. The molecule has 0 unspecified atom stereocenters. The summed E-state index contributed by atoms with van der Waals surface area (Å²) in [6.45, 7) is 1.94. The van der Waals surface area contributed by atoms with Crippen LogP contribution in [0.2, 0.25) is 5.02 Å². The van der Waals surface area contributed by atoms with Gasteiger partial charge in [0.1, 0.15) is 0 Å². The number of carbonyl (C=O) groups excluding carboxylic acids is 1. The van der Waals surface area contributed by atoms with Crippen LogP contribution in [0.1, 0.15) is 31.2 Å². The number of benzene rings is 1. The number of allylic oxidation sites excluding steroid dienone is 2. The predicted molar refractivity (Wildman–Crippen MR) is 82.9 cm³/mol. The largest absolute Gasteiger partial charge is 0.326 e. The zero-order valence-corrected chi connectivity index (χ0v) is 12.5. The Hall–Kier alpha value is -1.28. The van der Waals surface area contributed by atoms with Gasteiger partial charge in [-0.25, -0.2) is 0 Å². The highest BCUT2D eigenvalue weighted by Gasteiger charge is 2.53. The van der Waals surface area contributed by atoms with Crippen molar-refractivity contribution >= 4 is 23.2 Å². The fraction of sp³-hybridized carbons (Fsp3) is 0.471. The molecule has 0 aromatic heterocycles. The fourth-order valence-corrected chi connectivity index (χ4v) is 3.57. The molecule has 0 saturated heterocycles. The number of halogens is 1. The van der Waals surface area contributed by atoms with Crippen molar-refractivity contribution in [1.29, 1.82) is 0 Å². The van der Waals surface area contributed by atoms with Gasteiger partial charge in [-0.15, -0.1) is 0 Å². The van der Waals surface area contributed by atoms with E-state index in [9.17, 15) is 4.79 Å². The molecule has 2 aliphatic carbocycles. The Balaban J connectivity index is 1.67. The molecule has 106 valence electrons. The first-order valence-electron chi connectivity index (χ1n) is 7.39. The number of fused-ring (bicyclic) bond motifs is 1. The van der Waals surface area contributed by atoms with Crippen LogP contribution in [0, 0.1) is 24.7 Å². The van der Waals surface area contributed by atoms with Gasteiger partial charge in [-0.1, -0.05) is 29.8 Å². The van der Waals surface area contributed by atoms with Crippen LogP contribution in [0.3, 0.4) is 0 Å². The first-order valence-corrected chi connectivity index (χ1v) is 7.77. The predicted octanol–water partition coefficient (Wildman–Crippen LogP) is 4.58. The molecule has 0 heterocycles. The zero-order valence-electron chi connectivity index (χ0n) is 11.7. The molecule has 1 aromatic carbocycles. The second-order valence-corrected chi connectivity index (χ2v) is 6.29. The summed E-state index contributed by atoms with van der Waals surface area (Å²) in [5.74, 6) is 1.54. The van der Waals surface area contributed by atoms with Crippen molar-refractivity contribution in [1.82, 2.24) is 0 Å². The van der Waals surface area contributed by atoms with E-state index >= 15 is 0 Å². The van der Waals surface area contributed by atoms with E-state index in [1.165, 1.54) is 0 Å². The molecule has 2 atom stereocenters. The Morgan fingerprint density at radius 1 is 1.20 bits per heavy atom. The highest BCUT2D eigenvalue weighted by Crippen LogP contribution is 2.53. The van der Waals surface area contributed by atoms with E-state index in [0.29, 0.717) is 16.9 Å². The highest BCUT2D eigenvalue weighted by molar-refractivity contribution is 6.31. The minimum absolute atomic E-state index is 0.173. The number of hydrogen-bond acceptors (Lipinski definition) is 1. The molecule has 2 aliphatic rings. The SMILES string of the molecule is Cc1c(Cl)cccc1NC(=O)C1[C@@H]2CC/C=C\CC[C@@H]12. The lowest BCUT2D eigenvalue weighted by Gasteiger charge is -2.09.